The summed E-state index contributed by atoms with van der Waals surface area (Å²) in [7, 11) is 0. The molecule has 0 saturated carbocycles. The molecule has 0 aliphatic carbocycles. The SMILES string of the molecule is CC1(C)O[C@@H]([C@H](O)C(F)(F)C(F)(F)C(F)(F)C(F)(F)C(F)(F)C(F)(F)F)[C@H](C(O)(C(F)(F)C(F)(F)C(F)(F)C(F)(F)C(F)(F)C(F)(F)F)C(F)(F)C(F)(F)C(F)(F)C(F)(F)C(F)(F)C(F)(F)F)O1. The third-order valence-corrected chi connectivity index (χ3v) is 9.01. The Kier molecular flexibility index (Phi) is 14.4. The van der Waals surface area contributed by atoms with Crippen molar-refractivity contribution in [3.8, 4) is 0 Å². The number of alkyl halides is 39. The van der Waals surface area contributed by atoms with Crippen molar-refractivity contribution in [1.82, 2.24) is 0 Å². The maximum absolute atomic E-state index is 15.7. The monoisotopic (exact) mass is 1120 g/mol. The fourth-order valence-corrected chi connectivity index (χ4v) is 5.09. The van der Waals surface area contributed by atoms with Crippen molar-refractivity contribution in [1.29, 1.82) is 0 Å². The molecule has 0 aromatic heterocycles. The molecule has 0 spiro atoms. The van der Waals surface area contributed by atoms with E-state index in [0.717, 1.165) is 0 Å². The zero-order valence-electron chi connectivity index (χ0n) is 30.2. The fraction of sp³-hybridized carbons (Fsp3) is 1.00. The van der Waals surface area contributed by atoms with Gasteiger partial charge in [-0.15, -0.1) is 0 Å². The molecule has 2 N–H and O–H groups in total. The Bertz CT molecular complexity index is 1760. The maximum atomic E-state index is 15.7. The van der Waals surface area contributed by atoms with Crippen molar-refractivity contribution < 1.29 is 191 Å². The third-order valence-electron chi connectivity index (χ3n) is 9.01. The summed E-state index contributed by atoms with van der Waals surface area (Å²) in [4.78, 5) is 0. The van der Waals surface area contributed by atoms with Crippen LogP contribution in [0.1, 0.15) is 13.8 Å². The Morgan fingerprint density at radius 1 is 0.309 bits per heavy atom. The van der Waals surface area contributed by atoms with Gasteiger partial charge in [0.05, 0.1) is 0 Å². The largest absolute Gasteiger partial charge is 0.460 e. The number of aliphatic hydroxyl groups excluding tert-OH is 1. The van der Waals surface area contributed by atoms with E-state index in [1.165, 1.54) is 0 Å². The first-order chi connectivity index (χ1) is 28.6. The average Bonchev–Trinajstić information content (AvgIpc) is 3.43. The summed E-state index contributed by atoms with van der Waals surface area (Å²) in [5.41, 5.74) is -9.65. The molecule has 1 saturated heterocycles. The van der Waals surface area contributed by atoms with Gasteiger partial charge in [0.15, 0.2) is 11.9 Å². The molecule has 3 atom stereocenters. The average molecular weight is 1120 g/mol. The van der Waals surface area contributed by atoms with E-state index in [-0.39, 0.29) is 0 Å². The lowest BCUT2D eigenvalue weighted by Gasteiger charge is -2.52. The van der Waals surface area contributed by atoms with Crippen LogP contribution in [0.5, 0.6) is 0 Å². The van der Waals surface area contributed by atoms with Crippen LogP contribution < -0.4 is 0 Å². The van der Waals surface area contributed by atoms with Gasteiger partial charge in [-0.2, -0.15) is 171 Å². The van der Waals surface area contributed by atoms with Gasteiger partial charge in [0, 0.05) is 0 Å². The highest BCUT2D eigenvalue weighted by Crippen LogP contribution is 2.70. The lowest BCUT2D eigenvalue weighted by atomic mass is 9.70. The summed E-state index contributed by atoms with van der Waals surface area (Å²) >= 11 is 0. The molecule has 1 rings (SSSR count). The number of hydrogen-bond acceptors (Lipinski definition) is 4. The molecule has 0 radical (unpaired) electrons. The molecule has 0 aromatic rings. The molecule has 1 aliphatic rings. The van der Waals surface area contributed by atoms with Gasteiger partial charge in [-0.25, -0.2) is 0 Å². The molecule has 1 heterocycles. The highest BCUT2D eigenvalue weighted by Gasteiger charge is 3.01. The van der Waals surface area contributed by atoms with Crippen molar-refractivity contribution in [3.05, 3.63) is 0 Å². The first-order valence-corrected chi connectivity index (χ1v) is 15.2. The summed E-state index contributed by atoms with van der Waals surface area (Å²) in [6.45, 7) is -1.58. The van der Waals surface area contributed by atoms with Gasteiger partial charge < -0.3 is 19.7 Å². The van der Waals surface area contributed by atoms with E-state index in [1.54, 1.807) is 0 Å². The highest BCUT2D eigenvalue weighted by molar-refractivity contribution is 5.27. The lowest BCUT2D eigenvalue weighted by molar-refractivity contribution is -0.488. The molecule has 0 aromatic carbocycles. The van der Waals surface area contributed by atoms with Crippen LogP contribution in [0.3, 0.4) is 0 Å². The molecule has 0 amide bonds. The molecule has 43 heteroatoms. The number of aliphatic hydroxyl groups is 2. The van der Waals surface area contributed by atoms with E-state index in [9.17, 15) is 164 Å². The zero-order chi connectivity index (χ0) is 56.1. The number of hydrogen-bond donors (Lipinski definition) is 2. The second-order valence-corrected chi connectivity index (χ2v) is 13.9. The predicted molar refractivity (Wildman–Crippen MR) is 127 cm³/mol. The molecule has 0 unspecified atom stereocenters. The minimum absolute atomic E-state index is 0.790. The highest BCUT2D eigenvalue weighted by atomic mass is 19.5. The van der Waals surface area contributed by atoms with Gasteiger partial charge in [-0.3, -0.25) is 0 Å². The van der Waals surface area contributed by atoms with Gasteiger partial charge >= 0.3 is 107 Å². The lowest BCUT2D eigenvalue weighted by Crippen LogP contribution is -2.84. The van der Waals surface area contributed by atoms with Crippen molar-refractivity contribution >= 4 is 0 Å². The second-order valence-electron chi connectivity index (χ2n) is 13.9. The van der Waals surface area contributed by atoms with Gasteiger partial charge in [-0.1, -0.05) is 0 Å². The smallest absolute Gasteiger partial charge is 0.384 e. The van der Waals surface area contributed by atoms with Crippen LogP contribution in [0.2, 0.25) is 0 Å². The molecular formula is C25H11F39O4. The van der Waals surface area contributed by atoms with Gasteiger partial charge in [0.2, 0.25) is 5.60 Å². The van der Waals surface area contributed by atoms with E-state index in [1.807, 2.05) is 0 Å². The van der Waals surface area contributed by atoms with Crippen LogP contribution in [-0.2, 0) is 9.47 Å². The molecular weight excluding hydrogens is 1110 g/mol. The van der Waals surface area contributed by atoms with Crippen molar-refractivity contribution in [2.45, 2.75) is 151 Å². The third kappa shape index (κ3) is 7.50. The van der Waals surface area contributed by atoms with Gasteiger partial charge in [-0.05, 0) is 13.8 Å². The van der Waals surface area contributed by atoms with E-state index in [2.05, 4.69) is 9.47 Å². The van der Waals surface area contributed by atoms with Crippen LogP contribution >= 0.6 is 0 Å². The maximum Gasteiger partial charge on any atom is 0.460 e. The van der Waals surface area contributed by atoms with Gasteiger partial charge in [0.25, 0.3) is 0 Å². The molecule has 68 heavy (non-hydrogen) atoms. The summed E-state index contributed by atoms with van der Waals surface area (Å²) < 4.78 is 550. The van der Waals surface area contributed by atoms with E-state index < -0.39 is 151 Å². The molecule has 408 valence electrons. The molecule has 4 nitrogen and oxygen atoms in total. The Labute approximate surface area is 343 Å². The number of ether oxygens (including phenoxy) is 2. The first-order valence-electron chi connectivity index (χ1n) is 15.2. The van der Waals surface area contributed by atoms with E-state index in [0.29, 0.717) is 0 Å². The van der Waals surface area contributed by atoms with Gasteiger partial charge in [0.1, 0.15) is 12.2 Å². The Morgan fingerprint density at radius 2 is 0.500 bits per heavy atom. The van der Waals surface area contributed by atoms with Crippen LogP contribution in [0, 0.1) is 0 Å². The topological polar surface area (TPSA) is 58.9 Å². The Hall–Kier alpha value is -2.89. The van der Waals surface area contributed by atoms with Crippen LogP contribution in [0.15, 0.2) is 0 Å². The molecule has 1 aliphatic heterocycles. The standard InChI is InChI=1S/C25H11F39O4/c1-6(2)67-3(4(65)8(26,27)11(32,33)14(38,39)17(44,45)20(50,51)23(56,57)58)5(68-6)7(66,9(28,29)12(34,35)15(40,41)18(46,47)21(52,53)24(59,60)61)10(30,31)13(36,37)16(42,43)19(48,49)22(54,55)25(62,63)64/h3-5,65-66H,1-2H3/t3-,4-,5+/m0/s1. The van der Waals surface area contributed by atoms with Crippen molar-refractivity contribution in [3.63, 3.8) is 0 Å². The first kappa shape index (κ1) is 63.1. The van der Waals surface area contributed by atoms with Crippen LogP contribution in [0.25, 0.3) is 0 Å². The fourth-order valence-electron chi connectivity index (χ4n) is 5.09. The summed E-state index contributed by atoms with van der Waals surface area (Å²) in [5.74, 6) is -149. The minimum atomic E-state index is -10.3. The van der Waals surface area contributed by atoms with E-state index >= 15 is 17.6 Å². The summed E-state index contributed by atoms with van der Waals surface area (Å²) in [6.07, 6.45) is -45.6. The molecule has 1 fully saturated rings. The Morgan fingerprint density at radius 3 is 0.721 bits per heavy atom. The number of halogens is 39. The van der Waals surface area contributed by atoms with Crippen LogP contribution in [-0.4, -0.2) is 147 Å². The summed E-state index contributed by atoms with van der Waals surface area (Å²) in [6, 6.07) is 0. The van der Waals surface area contributed by atoms with Crippen molar-refractivity contribution in [2.24, 2.45) is 0 Å². The normalized spacial score (nSPS) is 21.4. The number of rotatable bonds is 17. The minimum Gasteiger partial charge on any atom is -0.384 e. The summed E-state index contributed by atoms with van der Waals surface area (Å²) in [5, 5.41) is 19.8. The van der Waals surface area contributed by atoms with E-state index in [4.69, 9.17) is 0 Å². The Balaban J connectivity index is 4.88. The molecule has 0 bridgehead atoms. The quantitative estimate of drug-likeness (QED) is 0.143. The van der Waals surface area contributed by atoms with Crippen LogP contribution in [0.4, 0.5) is 171 Å². The zero-order valence-corrected chi connectivity index (χ0v) is 30.2. The van der Waals surface area contributed by atoms with Crippen molar-refractivity contribution in [2.75, 3.05) is 0 Å². The predicted octanol–water partition coefficient (Wildman–Crippen LogP) is 11.8. The second kappa shape index (κ2) is 15.6.